The van der Waals surface area contributed by atoms with Gasteiger partial charge in [0.2, 0.25) is 0 Å². The normalized spacial score (nSPS) is 22.1. The second-order valence-corrected chi connectivity index (χ2v) is 6.50. The Hall–Kier alpha value is -2.05. The second-order valence-electron chi connectivity index (χ2n) is 6.50. The number of halogens is 3. The van der Waals surface area contributed by atoms with E-state index >= 15 is 0 Å². The molecule has 2 rings (SSSR count). The van der Waals surface area contributed by atoms with Gasteiger partial charge in [-0.2, -0.15) is 13.2 Å². The fourth-order valence-corrected chi connectivity index (χ4v) is 2.91. The van der Waals surface area contributed by atoms with Crippen molar-refractivity contribution in [3.8, 4) is 0 Å². The summed E-state index contributed by atoms with van der Waals surface area (Å²) < 4.78 is 42.6. The minimum Gasteiger partial charge on any atom is -0.449 e. The molecule has 0 heterocycles. The molecule has 7 heteroatoms. The van der Waals surface area contributed by atoms with Gasteiger partial charge in [-0.05, 0) is 49.9 Å². The summed E-state index contributed by atoms with van der Waals surface area (Å²) in [6, 6.07) is 3.77. The van der Waals surface area contributed by atoms with Gasteiger partial charge >= 0.3 is 12.1 Å². The zero-order valence-electron chi connectivity index (χ0n) is 14.2. The zero-order chi connectivity index (χ0) is 18.6. The fraction of sp³-hybridized carbons (Fsp3) is 0.556. The Labute approximate surface area is 144 Å². The molecule has 4 nitrogen and oxygen atoms in total. The first-order chi connectivity index (χ1) is 11.7. The minimum absolute atomic E-state index is 0.0290. The maximum absolute atomic E-state index is 12.5. The highest BCUT2D eigenvalue weighted by molar-refractivity contribution is 5.92. The topological polar surface area (TPSA) is 55.4 Å². The lowest BCUT2D eigenvalue weighted by molar-refractivity contribution is -0.137. The van der Waals surface area contributed by atoms with Crippen molar-refractivity contribution >= 4 is 11.9 Å². The zero-order valence-corrected chi connectivity index (χ0v) is 14.2. The van der Waals surface area contributed by atoms with E-state index in [1.807, 2.05) is 0 Å². The van der Waals surface area contributed by atoms with Crippen LogP contribution in [0.5, 0.6) is 0 Å². The third-order valence-electron chi connectivity index (χ3n) is 4.54. The number of carbonyl (C=O) groups is 2. The van der Waals surface area contributed by atoms with Gasteiger partial charge in [0.05, 0.1) is 11.1 Å². The number of benzene rings is 1. The van der Waals surface area contributed by atoms with Gasteiger partial charge in [0, 0.05) is 6.04 Å². The van der Waals surface area contributed by atoms with Crippen LogP contribution in [-0.4, -0.2) is 24.0 Å². The van der Waals surface area contributed by atoms with Gasteiger partial charge in [-0.1, -0.05) is 19.8 Å². The molecule has 0 aliphatic heterocycles. The first kappa shape index (κ1) is 19.3. The molecule has 1 aromatic carbocycles. The van der Waals surface area contributed by atoms with Gasteiger partial charge in [0.25, 0.3) is 5.91 Å². The number of rotatable bonds is 4. The van der Waals surface area contributed by atoms with Crippen LogP contribution in [0.25, 0.3) is 0 Å². The average molecular weight is 357 g/mol. The number of carbonyl (C=O) groups excluding carboxylic acids is 2. The quantitative estimate of drug-likeness (QED) is 0.831. The first-order valence-electron chi connectivity index (χ1n) is 8.37. The highest BCUT2D eigenvalue weighted by Gasteiger charge is 2.31. The van der Waals surface area contributed by atoms with E-state index in [4.69, 9.17) is 4.74 Å². The van der Waals surface area contributed by atoms with Crippen LogP contribution in [0.3, 0.4) is 0 Å². The van der Waals surface area contributed by atoms with Crippen LogP contribution in [0.15, 0.2) is 24.3 Å². The number of nitrogens with one attached hydrogen (secondary N) is 1. The number of esters is 1. The molecule has 0 radical (unpaired) electrons. The number of hydrogen-bond donors (Lipinski definition) is 1. The molecular formula is C18H22F3NO3. The minimum atomic E-state index is -4.47. The lowest BCUT2D eigenvalue weighted by Crippen LogP contribution is -2.45. The van der Waals surface area contributed by atoms with Crippen molar-refractivity contribution in [1.29, 1.82) is 0 Å². The average Bonchev–Trinajstić information content (AvgIpc) is 2.56. The van der Waals surface area contributed by atoms with Crippen LogP contribution in [-0.2, 0) is 15.7 Å². The van der Waals surface area contributed by atoms with Crippen molar-refractivity contribution < 1.29 is 27.5 Å². The second kappa shape index (κ2) is 7.89. The smallest absolute Gasteiger partial charge is 0.416 e. The molecule has 1 N–H and O–H groups in total. The van der Waals surface area contributed by atoms with E-state index in [9.17, 15) is 22.8 Å². The summed E-state index contributed by atoms with van der Waals surface area (Å²) in [5.74, 6) is -0.845. The largest absolute Gasteiger partial charge is 0.449 e. The Morgan fingerprint density at radius 3 is 2.32 bits per heavy atom. The molecular weight excluding hydrogens is 335 g/mol. The molecule has 1 aliphatic rings. The van der Waals surface area contributed by atoms with Crippen molar-refractivity contribution in [3.05, 3.63) is 35.4 Å². The molecule has 1 amide bonds. The Morgan fingerprint density at radius 2 is 1.76 bits per heavy atom. The van der Waals surface area contributed by atoms with Crippen LogP contribution >= 0.6 is 0 Å². The molecule has 1 aliphatic carbocycles. The van der Waals surface area contributed by atoms with E-state index in [2.05, 4.69) is 12.2 Å². The Morgan fingerprint density at radius 1 is 1.16 bits per heavy atom. The maximum atomic E-state index is 12.5. The highest BCUT2D eigenvalue weighted by atomic mass is 19.4. The maximum Gasteiger partial charge on any atom is 0.416 e. The van der Waals surface area contributed by atoms with E-state index in [-0.39, 0.29) is 17.5 Å². The third-order valence-corrected chi connectivity index (χ3v) is 4.54. The number of alkyl halides is 3. The van der Waals surface area contributed by atoms with Crippen LogP contribution in [0, 0.1) is 5.92 Å². The fourth-order valence-electron chi connectivity index (χ4n) is 2.91. The monoisotopic (exact) mass is 357 g/mol. The van der Waals surface area contributed by atoms with Crippen molar-refractivity contribution in [2.24, 2.45) is 5.92 Å². The van der Waals surface area contributed by atoms with E-state index in [0.717, 1.165) is 49.9 Å². The van der Waals surface area contributed by atoms with Crippen molar-refractivity contribution in [2.75, 3.05) is 0 Å². The van der Waals surface area contributed by atoms with Crippen molar-refractivity contribution in [2.45, 2.75) is 57.9 Å². The SMILES string of the molecule is C[C@@H](OC(=O)c1ccc(C(F)(F)F)cc1)C(=O)N[C@H]1CCCC[C@@H]1C. The van der Waals surface area contributed by atoms with E-state index in [1.165, 1.54) is 6.92 Å². The summed E-state index contributed by atoms with van der Waals surface area (Å²) in [6.07, 6.45) is -1.34. The summed E-state index contributed by atoms with van der Waals surface area (Å²) in [6.45, 7) is 3.52. The molecule has 1 saturated carbocycles. The standard InChI is InChI=1S/C18H22F3NO3/c1-11-5-3-4-6-15(11)22-16(23)12(2)25-17(24)13-7-9-14(10-8-13)18(19,20)21/h7-12,15H,3-6H2,1-2H3,(H,22,23)/t11-,12+,15-/m0/s1. The molecule has 3 atom stereocenters. The van der Waals surface area contributed by atoms with Gasteiger partial charge < -0.3 is 10.1 Å². The molecule has 0 unspecified atom stereocenters. The van der Waals surface area contributed by atoms with Crippen LogP contribution in [0.4, 0.5) is 13.2 Å². The molecule has 138 valence electrons. The van der Waals surface area contributed by atoms with E-state index in [1.54, 1.807) is 0 Å². The molecule has 0 bridgehead atoms. The predicted molar refractivity (Wildman–Crippen MR) is 85.9 cm³/mol. The van der Waals surface area contributed by atoms with Crippen LogP contribution < -0.4 is 5.32 Å². The summed E-state index contributed by atoms with van der Waals surface area (Å²) in [4.78, 5) is 24.2. The van der Waals surface area contributed by atoms with E-state index < -0.39 is 23.8 Å². The Bertz CT molecular complexity index is 613. The lowest BCUT2D eigenvalue weighted by atomic mass is 9.86. The summed E-state index contributed by atoms with van der Waals surface area (Å²) in [5, 5.41) is 2.89. The molecule has 1 aromatic rings. The van der Waals surface area contributed by atoms with Gasteiger partial charge in [-0.15, -0.1) is 0 Å². The molecule has 25 heavy (non-hydrogen) atoms. The Kier molecular flexibility index (Phi) is 6.08. The van der Waals surface area contributed by atoms with Crippen LogP contribution in [0.1, 0.15) is 55.5 Å². The number of amides is 1. The summed E-state index contributed by atoms with van der Waals surface area (Å²) in [5.41, 5.74) is -0.875. The van der Waals surface area contributed by atoms with Crippen molar-refractivity contribution in [1.82, 2.24) is 5.32 Å². The molecule has 0 spiro atoms. The summed E-state index contributed by atoms with van der Waals surface area (Å²) >= 11 is 0. The molecule has 0 aromatic heterocycles. The number of ether oxygens (including phenoxy) is 1. The lowest BCUT2D eigenvalue weighted by Gasteiger charge is -2.30. The van der Waals surface area contributed by atoms with E-state index in [0.29, 0.717) is 5.92 Å². The number of hydrogen-bond acceptors (Lipinski definition) is 3. The third kappa shape index (κ3) is 5.21. The van der Waals surface area contributed by atoms with Gasteiger partial charge in [-0.3, -0.25) is 4.79 Å². The highest BCUT2D eigenvalue weighted by Crippen LogP contribution is 2.29. The van der Waals surface area contributed by atoms with Gasteiger partial charge in [-0.25, -0.2) is 4.79 Å². The van der Waals surface area contributed by atoms with Crippen LogP contribution in [0.2, 0.25) is 0 Å². The van der Waals surface area contributed by atoms with Crippen molar-refractivity contribution in [3.63, 3.8) is 0 Å². The van der Waals surface area contributed by atoms with Gasteiger partial charge in [0.1, 0.15) is 0 Å². The summed E-state index contributed by atoms with van der Waals surface area (Å²) in [7, 11) is 0. The molecule has 0 saturated heterocycles. The molecule has 1 fully saturated rings. The Balaban J connectivity index is 1.91. The first-order valence-corrected chi connectivity index (χ1v) is 8.37. The van der Waals surface area contributed by atoms with Gasteiger partial charge in [0.15, 0.2) is 6.10 Å². The predicted octanol–water partition coefficient (Wildman–Crippen LogP) is 3.95.